The van der Waals surface area contributed by atoms with Crippen molar-refractivity contribution >= 4 is 33.0 Å². The Morgan fingerprint density at radius 1 is 1.26 bits per heavy atom. The number of thiophene rings is 1. The summed E-state index contributed by atoms with van der Waals surface area (Å²) in [6.45, 7) is 3.37. The molecule has 0 saturated heterocycles. The SMILES string of the molecule is CCOc1cc(NCc2sccc2Br)ccc1OC. The molecule has 19 heavy (non-hydrogen) atoms. The van der Waals surface area contributed by atoms with E-state index in [9.17, 15) is 0 Å². The molecule has 0 spiro atoms. The molecular weight excluding hydrogens is 326 g/mol. The summed E-state index contributed by atoms with van der Waals surface area (Å²) in [7, 11) is 1.65. The largest absolute Gasteiger partial charge is 0.493 e. The second-order valence-corrected chi connectivity index (χ2v) is 5.70. The van der Waals surface area contributed by atoms with Gasteiger partial charge in [0.25, 0.3) is 0 Å². The van der Waals surface area contributed by atoms with Crippen LogP contribution in [0, 0.1) is 0 Å². The number of anilines is 1. The molecule has 0 radical (unpaired) electrons. The van der Waals surface area contributed by atoms with Crippen LogP contribution in [0.5, 0.6) is 11.5 Å². The van der Waals surface area contributed by atoms with Crippen molar-refractivity contribution in [2.75, 3.05) is 19.0 Å². The lowest BCUT2D eigenvalue weighted by molar-refractivity contribution is 0.311. The zero-order valence-corrected chi connectivity index (χ0v) is 13.3. The van der Waals surface area contributed by atoms with Crippen molar-refractivity contribution in [2.45, 2.75) is 13.5 Å². The third kappa shape index (κ3) is 3.64. The van der Waals surface area contributed by atoms with E-state index >= 15 is 0 Å². The van der Waals surface area contributed by atoms with E-state index in [0.29, 0.717) is 6.61 Å². The van der Waals surface area contributed by atoms with Crippen LogP contribution < -0.4 is 14.8 Å². The molecule has 1 aromatic carbocycles. The third-order valence-corrected chi connectivity index (χ3v) is 4.53. The van der Waals surface area contributed by atoms with Gasteiger partial charge in [-0.05, 0) is 46.4 Å². The summed E-state index contributed by atoms with van der Waals surface area (Å²) in [5, 5.41) is 5.45. The van der Waals surface area contributed by atoms with E-state index in [1.54, 1.807) is 18.4 Å². The lowest BCUT2D eigenvalue weighted by Gasteiger charge is -2.12. The average Bonchev–Trinajstić information content (AvgIpc) is 2.82. The fourth-order valence-corrected chi connectivity index (χ4v) is 3.12. The highest BCUT2D eigenvalue weighted by atomic mass is 79.9. The summed E-state index contributed by atoms with van der Waals surface area (Å²) in [4.78, 5) is 1.27. The highest BCUT2D eigenvalue weighted by Crippen LogP contribution is 2.31. The van der Waals surface area contributed by atoms with Gasteiger partial charge in [-0.15, -0.1) is 11.3 Å². The first kappa shape index (κ1) is 14.2. The molecule has 0 atom stereocenters. The molecule has 0 saturated carbocycles. The summed E-state index contributed by atoms with van der Waals surface area (Å²) in [6, 6.07) is 7.92. The Balaban J connectivity index is 2.08. The van der Waals surface area contributed by atoms with Gasteiger partial charge in [-0.2, -0.15) is 0 Å². The Kier molecular flexibility index (Phi) is 5.10. The number of hydrogen-bond donors (Lipinski definition) is 1. The van der Waals surface area contributed by atoms with Crippen molar-refractivity contribution < 1.29 is 9.47 Å². The molecular formula is C14H16BrNO2S. The van der Waals surface area contributed by atoms with Gasteiger partial charge >= 0.3 is 0 Å². The van der Waals surface area contributed by atoms with E-state index in [-0.39, 0.29) is 0 Å². The predicted molar refractivity (Wildman–Crippen MR) is 83.5 cm³/mol. The Labute approximate surface area is 125 Å². The Bertz CT molecular complexity index is 542. The van der Waals surface area contributed by atoms with E-state index in [1.165, 1.54) is 4.88 Å². The molecule has 3 nitrogen and oxygen atoms in total. The molecule has 0 fully saturated rings. The number of nitrogens with one attached hydrogen (secondary N) is 1. The third-order valence-electron chi connectivity index (χ3n) is 2.61. The van der Waals surface area contributed by atoms with Crippen LogP contribution in [-0.2, 0) is 6.54 Å². The van der Waals surface area contributed by atoms with Gasteiger partial charge in [0, 0.05) is 21.1 Å². The fraction of sp³-hybridized carbons (Fsp3) is 0.286. The summed E-state index contributed by atoms with van der Waals surface area (Å²) < 4.78 is 12.0. The van der Waals surface area contributed by atoms with Crippen molar-refractivity contribution in [3.63, 3.8) is 0 Å². The summed E-state index contributed by atoms with van der Waals surface area (Å²) in [5.41, 5.74) is 1.02. The maximum atomic E-state index is 5.56. The molecule has 2 aromatic rings. The number of methoxy groups -OCH3 is 1. The second kappa shape index (κ2) is 6.82. The minimum Gasteiger partial charge on any atom is -0.493 e. The van der Waals surface area contributed by atoms with Crippen molar-refractivity contribution in [3.8, 4) is 11.5 Å². The molecule has 0 aliphatic heterocycles. The minimum absolute atomic E-state index is 0.621. The van der Waals surface area contributed by atoms with Gasteiger partial charge in [-0.3, -0.25) is 0 Å². The van der Waals surface area contributed by atoms with Crippen molar-refractivity contribution in [2.24, 2.45) is 0 Å². The average molecular weight is 342 g/mol. The molecule has 1 heterocycles. The summed E-state index contributed by atoms with van der Waals surface area (Å²) in [5.74, 6) is 1.52. The van der Waals surface area contributed by atoms with Crippen LogP contribution >= 0.6 is 27.3 Å². The Morgan fingerprint density at radius 3 is 2.74 bits per heavy atom. The first-order chi connectivity index (χ1) is 9.24. The normalized spacial score (nSPS) is 10.3. The number of benzene rings is 1. The molecule has 2 rings (SSSR count). The van der Waals surface area contributed by atoms with Crippen molar-refractivity contribution in [1.82, 2.24) is 0 Å². The summed E-state index contributed by atoms with van der Waals surface area (Å²) >= 11 is 5.25. The van der Waals surface area contributed by atoms with Crippen LogP contribution in [0.15, 0.2) is 34.1 Å². The highest BCUT2D eigenvalue weighted by molar-refractivity contribution is 9.10. The van der Waals surface area contributed by atoms with Gasteiger partial charge in [-0.25, -0.2) is 0 Å². The smallest absolute Gasteiger partial charge is 0.163 e. The molecule has 0 amide bonds. The van der Waals surface area contributed by atoms with Gasteiger partial charge in [0.15, 0.2) is 11.5 Å². The van der Waals surface area contributed by atoms with Gasteiger partial charge < -0.3 is 14.8 Å². The summed E-state index contributed by atoms with van der Waals surface area (Å²) in [6.07, 6.45) is 0. The fourth-order valence-electron chi connectivity index (χ4n) is 1.69. The Hall–Kier alpha value is -1.20. The number of hydrogen-bond acceptors (Lipinski definition) is 4. The van der Waals surface area contributed by atoms with Crippen LogP contribution in [-0.4, -0.2) is 13.7 Å². The molecule has 5 heteroatoms. The minimum atomic E-state index is 0.621. The number of ether oxygens (including phenoxy) is 2. The molecule has 102 valence electrons. The van der Waals surface area contributed by atoms with Gasteiger partial charge in [-0.1, -0.05) is 0 Å². The topological polar surface area (TPSA) is 30.5 Å². The second-order valence-electron chi connectivity index (χ2n) is 3.84. The predicted octanol–water partition coefficient (Wildman–Crippen LogP) is 4.53. The van der Waals surface area contributed by atoms with Crippen LogP contribution in [0.25, 0.3) is 0 Å². The number of halogens is 1. The van der Waals surface area contributed by atoms with Crippen LogP contribution in [0.4, 0.5) is 5.69 Å². The molecule has 0 bridgehead atoms. The lowest BCUT2D eigenvalue weighted by atomic mass is 10.2. The van der Waals surface area contributed by atoms with Crippen LogP contribution in [0.3, 0.4) is 0 Å². The van der Waals surface area contributed by atoms with Crippen LogP contribution in [0.1, 0.15) is 11.8 Å². The van der Waals surface area contributed by atoms with Crippen LogP contribution in [0.2, 0.25) is 0 Å². The zero-order chi connectivity index (χ0) is 13.7. The lowest BCUT2D eigenvalue weighted by Crippen LogP contribution is -2.00. The van der Waals surface area contributed by atoms with E-state index in [1.807, 2.05) is 25.1 Å². The van der Waals surface area contributed by atoms with E-state index in [0.717, 1.165) is 28.2 Å². The Morgan fingerprint density at radius 2 is 2.11 bits per heavy atom. The van der Waals surface area contributed by atoms with E-state index in [4.69, 9.17) is 9.47 Å². The first-order valence-electron chi connectivity index (χ1n) is 6.01. The molecule has 1 N–H and O–H groups in total. The van der Waals surface area contributed by atoms with E-state index in [2.05, 4.69) is 32.7 Å². The van der Waals surface area contributed by atoms with Gasteiger partial charge in [0.1, 0.15) is 0 Å². The quantitative estimate of drug-likeness (QED) is 0.837. The number of rotatable bonds is 6. The maximum Gasteiger partial charge on any atom is 0.163 e. The zero-order valence-electron chi connectivity index (χ0n) is 10.9. The molecule has 0 aliphatic carbocycles. The van der Waals surface area contributed by atoms with Crippen molar-refractivity contribution in [1.29, 1.82) is 0 Å². The van der Waals surface area contributed by atoms with Crippen molar-refractivity contribution in [3.05, 3.63) is 39.0 Å². The highest BCUT2D eigenvalue weighted by Gasteiger charge is 2.06. The monoisotopic (exact) mass is 341 g/mol. The first-order valence-corrected chi connectivity index (χ1v) is 7.68. The standard InChI is InChI=1S/C14H16BrNO2S/c1-3-18-13-8-10(4-5-12(13)17-2)16-9-14-11(15)6-7-19-14/h4-8,16H,3,9H2,1-2H3. The molecule has 1 aromatic heterocycles. The maximum absolute atomic E-state index is 5.56. The van der Waals surface area contributed by atoms with Gasteiger partial charge in [0.05, 0.1) is 20.3 Å². The van der Waals surface area contributed by atoms with E-state index < -0.39 is 0 Å². The van der Waals surface area contributed by atoms with Gasteiger partial charge in [0.2, 0.25) is 0 Å². The molecule has 0 aliphatic rings. The molecule has 0 unspecified atom stereocenters.